The van der Waals surface area contributed by atoms with Crippen molar-refractivity contribution in [3.63, 3.8) is 0 Å². The van der Waals surface area contributed by atoms with E-state index in [0.29, 0.717) is 29.3 Å². The molecule has 9 nitrogen and oxygen atoms in total. The van der Waals surface area contributed by atoms with E-state index >= 15 is 0 Å². The van der Waals surface area contributed by atoms with Gasteiger partial charge in [-0.1, -0.05) is 12.1 Å². The van der Waals surface area contributed by atoms with E-state index in [1.807, 2.05) is 13.0 Å². The van der Waals surface area contributed by atoms with Gasteiger partial charge in [0.05, 0.1) is 12.2 Å². The van der Waals surface area contributed by atoms with E-state index in [2.05, 4.69) is 30.4 Å². The van der Waals surface area contributed by atoms with Crippen LogP contribution in [0.3, 0.4) is 0 Å². The van der Waals surface area contributed by atoms with Crippen molar-refractivity contribution in [2.45, 2.75) is 13.3 Å². The number of nitrogens with zero attached hydrogens (tertiary/aromatic N) is 4. The number of hydrogen-bond acceptors (Lipinski definition) is 7. The van der Waals surface area contributed by atoms with E-state index in [9.17, 15) is 9.59 Å². The third-order valence-corrected chi connectivity index (χ3v) is 4.14. The van der Waals surface area contributed by atoms with Gasteiger partial charge in [-0.15, -0.1) is 10.2 Å². The van der Waals surface area contributed by atoms with Crippen LogP contribution >= 0.6 is 0 Å². The number of H-pyrrole nitrogens is 2. The van der Waals surface area contributed by atoms with E-state index < -0.39 is 5.56 Å². The molecule has 4 aromatic rings. The first-order valence-electron chi connectivity index (χ1n) is 8.66. The van der Waals surface area contributed by atoms with E-state index in [0.717, 1.165) is 5.56 Å². The summed E-state index contributed by atoms with van der Waals surface area (Å²) in [5, 5.41) is 10.0. The molecule has 3 aromatic heterocycles. The number of rotatable bonds is 6. The number of Topliss-reactive ketones (excluding diaryl/α,β-unsaturated/α-hetero) is 1. The molecule has 0 amide bonds. The second-order valence-corrected chi connectivity index (χ2v) is 6.02. The van der Waals surface area contributed by atoms with Gasteiger partial charge >= 0.3 is 0 Å². The van der Waals surface area contributed by atoms with Gasteiger partial charge in [0, 0.05) is 24.4 Å². The van der Waals surface area contributed by atoms with Gasteiger partial charge in [0.2, 0.25) is 5.65 Å². The lowest BCUT2D eigenvalue weighted by atomic mass is 10.0. The fourth-order valence-corrected chi connectivity index (χ4v) is 2.84. The number of aromatic nitrogens is 6. The van der Waals surface area contributed by atoms with E-state index in [-0.39, 0.29) is 23.4 Å². The lowest BCUT2D eigenvalue weighted by molar-refractivity contribution is 0.0992. The van der Waals surface area contributed by atoms with Crippen molar-refractivity contribution in [3.8, 4) is 17.1 Å². The molecule has 0 bridgehead atoms. The quantitative estimate of drug-likeness (QED) is 0.492. The van der Waals surface area contributed by atoms with Crippen LogP contribution in [0, 0.1) is 0 Å². The van der Waals surface area contributed by atoms with Crippen molar-refractivity contribution in [1.82, 2.24) is 30.4 Å². The maximum atomic E-state index is 12.6. The Bertz CT molecular complexity index is 1200. The molecule has 140 valence electrons. The van der Waals surface area contributed by atoms with Gasteiger partial charge in [-0.2, -0.15) is 5.21 Å². The Morgan fingerprint density at radius 1 is 1.21 bits per heavy atom. The first-order valence-corrected chi connectivity index (χ1v) is 8.66. The van der Waals surface area contributed by atoms with E-state index in [1.165, 1.54) is 0 Å². The van der Waals surface area contributed by atoms with Crippen molar-refractivity contribution in [1.29, 1.82) is 0 Å². The zero-order chi connectivity index (χ0) is 19.5. The average molecular weight is 376 g/mol. The summed E-state index contributed by atoms with van der Waals surface area (Å²) in [6, 6.07) is 8.68. The van der Waals surface area contributed by atoms with Crippen LogP contribution in [-0.4, -0.2) is 42.8 Å². The number of carbonyl (C=O) groups excluding carboxylic acids is 1. The summed E-state index contributed by atoms with van der Waals surface area (Å²) in [6.07, 6.45) is 3.56. The number of nitrogens with one attached hydrogen (secondary N) is 2. The van der Waals surface area contributed by atoms with Crippen LogP contribution in [0.4, 0.5) is 0 Å². The number of aromatic amines is 2. The number of carbonyl (C=O) groups is 1. The fourth-order valence-electron chi connectivity index (χ4n) is 2.84. The van der Waals surface area contributed by atoms with Gasteiger partial charge < -0.3 is 9.72 Å². The third kappa shape index (κ3) is 3.37. The molecule has 0 aliphatic rings. The molecule has 0 saturated heterocycles. The molecule has 9 heteroatoms. The van der Waals surface area contributed by atoms with Crippen LogP contribution in [-0.2, 0) is 6.42 Å². The Labute approximate surface area is 158 Å². The van der Waals surface area contributed by atoms with Gasteiger partial charge in [-0.05, 0) is 30.7 Å². The molecule has 0 radical (unpaired) electrons. The van der Waals surface area contributed by atoms with E-state index in [4.69, 9.17) is 4.74 Å². The number of benzene rings is 1. The highest BCUT2D eigenvalue weighted by Gasteiger charge is 2.16. The Morgan fingerprint density at radius 3 is 2.89 bits per heavy atom. The molecule has 28 heavy (non-hydrogen) atoms. The van der Waals surface area contributed by atoms with Crippen molar-refractivity contribution in [3.05, 3.63) is 64.2 Å². The fraction of sp³-hybridized carbons (Fsp3) is 0.158. The number of ether oxygens (including phenoxy) is 1. The molecular weight excluding hydrogens is 360 g/mol. The summed E-state index contributed by atoms with van der Waals surface area (Å²) < 4.78 is 5.70. The second-order valence-electron chi connectivity index (χ2n) is 6.02. The first kappa shape index (κ1) is 17.5. The molecular formula is C19H16N6O3. The molecule has 0 saturated carbocycles. The molecule has 1 aromatic carbocycles. The largest absolute Gasteiger partial charge is 0.493 e. The summed E-state index contributed by atoms with van der Waals surface area (Å²) >= 11 is 0. The number of fused-ring (bicyclic) bond motifs is 1. The van der Waals surface area contributed by atoms with Crippen molar-refractivity contribution in [2.75, 3.05) is 6.61 Å². The minimum absolute atomic E-state index is 0.0612. The first-order chi connectivity index (χ1) is 13.7. The molecule has 0 unspecified atom stereocenters. The SMILES string of the molecule is CCOc1cc(C(=O)Cc2cccnc2)ccc1-c1nc2n[nH]nc2c(=O)[nH]1. The van der Waals surface area contributed by atoms with Gasteiger partial charge in [0.1, 0.15) is 11.6 Å². The minimum atomic E-state index is -0.409. The molecule has 0 aliphatic heterocycles. The molecule has 0 fully saturated rings. The topological polar surface area (TPSA) is 127 Å². The molecule has 3 heterocycles. The predicted molar refractivity (Wildman–Crippen MR) is 101 cm³/mol. The monoisotopic (exact) mass is 376 g/mol. The second kappa shape index (κ2) is 7.39. The van der Waals surface area contributed by atoms with Crippen LogP contribution in [0.25, 0.3) is 22.6 Å². The molecule has 0 atom stereocenters. The summed E-state index contributed by atoms with van der Waals surface area (Å²) in [7, 11) is 0. The van der Waals surface area contributed by atoms with Crippen molar-refractivity contribution < 1.29 is 9.53 Å². The molecule has 0 aliphatic carbocycles. The third-order valence-electron chi connectivity index (χ3n) is 4.14. The summed E-state index contributed by atoms with van der Waals surface area (Å²) in [5.41, 5.74) is 1.82. The van der Waals surface area contributed by atoms with Crippen molar-refractivity contribution >= 4 is 16.9 Å². The van der Waals surface area contributed by atoms with E-state index in [1.54, 1.807) is 36.7 Å². The minimum Gasteiger partial charge on any atom is -0.493 e. The lowest BCUT2D eigenvalue weighted by Crippen LogP contribution is -2.11. The zero-order valence-electron chi connectivity index (χ0n) is 15.0. The predicted octanol–water partition coefficient (Wildman–Crippen LogP) is 1.93. The van der Waals surface area contributed by atoms with Gasteiger partial charge in [-0.3, -0.25) is 14.6 Å². The number of ketones is 1. The van der Waals surface area contributed by atoms with Crippen LogP contribution in [0.5, 0.6) is 5.75 Å². The average Bonchev–Trinajstić information content (AvgIpc) is 3.18. The molecule has 2 N–H and O–H groups in total. The van der Waals surface area contributed by atoms with Crippen LogP contribution in [0.1, 0.15) is 22.8 Å². The maximum Gasteiger partial charge on any atom is 0.281 e. The summed E-state index contributed by atoms with van der Waals surface area (Å²) in [6.45, 7) is 2.23. The Morgan fingerprint density at radius 2 is 2.11 bits per heavy atom. The van der Waals surface area contributed by atoms with Crippen molar-refractivity contribution in [2.24, 2.45) is 0 Å². The van der Waals surface area contributed by atoms with Crippen LogP contribution in [0.15, 0.2) is 47.5 Å². The molecule has 0 spiro atoms. The number of pyridine rings is 1. The molecule has 4 rings (SSSR count). The highest BCUT2D eigenvalue weighted by Crippen LogP contribution is 2.29. The Balaban J connectivity index is 1.72. The van der Waals surface area contributed by atoms with Gasteiger partial charge in [-0.25, -0.2) is 4.98 Å². The zero-order valence-corrected chi connectivity index (χ0v) is 15.0. The number of hydrogen-bond donors (Lipinski definition) is 2. The standard InChI is InChI=1S/C19H16N6O3/c1-2-28-15-9-12(14(26)8-11-4-3-7-20-10-11)5-6-13(15)17-21-18-16(19(27)22-17)23-25-24-18/h3-7,9-10H,2,8H2,1H3,(H2,21,22,23,24,25,27). The van der Waals surface area contributed by atoms with Crippen LogP contribution < -0.4 is 10.3 Å². The Kier molecular flexibility index (Phi) is 4.63. The lowest BCUT2D eigenvalue weighted by Gasteiger charge is -2.11. The highest BCUT2D eigenvalue weighted by atomic mass is 16.5. The van der Waals surface area contributed by atoms with Crippen LogP contribution in [0.2, 0.25) is 0 Å². The summed E-state index contributed by atoms with van der Waals surface area (Å²) in [4.78, 5) is 35.8. The summed E-state index contributed by atoms with van der Waals surface area (Å²) in [5.74, 6) is 0.681. The smallest absolute Gasteiger partial charge is 0.281 e. The van der Waals surface area contributed by atoms with Gasteiger partial charge in [0.15, 0.2) is 11.3 Å². The Hall–Kier alpha value is -3.88. The van der Waals surface area contributed by atoms with Gasteiger partial charge in [0.25, 0.3) is 5.56 Å². The highest BCUT2D eigenvalue weighted by molar-refractivity contribution is 5.98. The normalized spacial score (nSPS) is 10.9. The maximum absolute atomic E-state index is 12.6.